The quantitative estimate of drug-likeness (QED) is 0.643. The van der Waals surface area contributed by atoms with Crippen LogP contribution in [0, 0.1) is 25.7 Å². The zero-order valence-corrected chi connectivity index (χ0v) is 13.2. The second-order valence-corrected chi connectivity index (χ2v) is 7.22. The predicted octanol–water partition coefficient (Wildman–Crippen LogP) is 3.35. The molecule has 0 bridgehead atoms. The molecule has 3 N–H and O–H groups in total. The summed E-state index contributed by atoms with van der Waals surface area (Å²) >= 11 is 1.82. The molecule has 3 unspecified atom stereocenters. The molecule has 0 spiro atoms. The topological polar surface area (TPSA) is 50.9 Å². The number of nitrogens with one attached hydrogen (secondary N) is 1. The highest BCUT2D eigenvalue weighted by molar-refractivity contribution is 7.11. The van der Waals surface area contributed by atoms with Crippen molar-refractivity contribution < 1.29 is 0 Å². The molecule has 0 aromatic carbocycles. The van der Waals surface area contributed by atoms with E-state index in [9.17, 15) is 0 Å². The molecular weight excluding hydrogens is 254 g/mol. The van der Waals surface area contributed by atoms with E-state index in [-0.39, 0.29) is 0 Å². The number of thiazole rings is 1. The molecule has 1 aromatic rings. The maximum absolute atomic E-state index is 5.81. The molecule has 0 aliphatic heterocycles. The zero-order valence-electron chi connectivity index (χ0n) is 12.4. The summed E-state index contributed by atoms with van der Waals surface area (Å²) in [6.07, 6.45) is 7.70. The van der Waals surface area contributed by atoms with Gasteiger partial charge in [-0.25, -0.2) is 4.98 Å². The molecule has 0 amide bonds. The lowest BCUT2D eigenvalue weighted by Crippen LogP contribution is -2.44. The van der Waals surface area contributed by atoms with E-state index in [0.717, 1.165) is 12.3 Å². The Morgan fingerprint density at radius 2 is 2.21 bits per heavy atom. The number of hydrogen-bond donors (Lipinski definition) is 2. The van der Waals surface area contributed by atoms with Crippen LogP contribution in [0.15, 0.2) is 0 Å². The largest absolute Gasteiger partial charge is 0.271 e. The molecule has 108 valence electrons. The molecule has 4 heteroatoms. The first-order chi connectivity index (χ1) is 9.13. The number of aromatic nitrogens is 1. The second kappa shape index (κ2) is 6.82. The van der Waals surface area contributed by atoms with Gasteiger partial charge in [0, 0.05) is 17.3 Å². The summed E-state index contributed by atoms with van der Waals surface area (Å²) in [5.74, 6) is 7.42. The summed E-state index contributed by atoms with van der Waals surface area (Å²) in [4.78, 5) is 5.99. The number of nitrogens with two attached hydrogens (primary N) is 1. The fourth-order valence-corrected chi connectivity index (χ4v) is 4.24. The highest BCUT2D eigenvalue weighted by Gasteiger charge is 2.28. The van der Waals surface area contributed by atoms with Crippen LogP contribution in [0.1, 0.15) is 54.6 Å². The van der Waals surface area contributed by atoms with Crippen LogP contribution in [0.25, 0.3) is 0 Å². The minimum atomic E-state index is 0.388. The Morgan fingerprint density at radius 1 is 1.42 bits per heavy atom. The highest BCUT2D eigenvalue weighted by atomic mass is 32.1. The Morgan fingerprint density at radius 3 is 2.79 bits per heavy atom. The van der Waals surface area contributed by atoms with Gasteiger partial charge in [-0.15, -0.1) is 11.3 Å². The van der Waals surface area contributed by atoms with Crippen molar-refractivity contribution >= 4 is 11.3 Å². The molecule has 0 saturated heterocycles. The van der Waals surface area contributed by atoms with Crippen molar-refractivity contribution in [2.45, 2.75) is 65.3 Å². The smallest absolute Gasteiger partial charge is 0.0947 e. The molecule has 1 aliphatic rings. The van der Waals surface area contributed by atoms with Crippen molar-refractivity contribution in [3.05, 3.63) is 15.6 Å². The lowest BCUT2D eigenvalue weighted by molar-refractivity contribution is 0.208. The first-order valence-corrected chi connectivity index (χ1v) is 8.34. The standard InChI is InChI=1S/C15H27N3S/c1-4-12-6-5-7-13(8-12)14(18-16)9-15-17-10(2)11(3)19-15/h12-14,18H,4-9,16H2,1-3H3. The zero-order chi connectivity index (χ0) is 13.8. The average Bonchev–Trinajstić information content (AvgIpc) is 2.75. The fourth-order valence-electron chi connectivity index (χ4n) is 3.25. The van der Waals surface area contributed by atoms with Crippen LogP contribution in [0.4, 0.5) is 0 Å². The normalized spacial score (nSPS) is 25.5. The van der Waals surface area contributed by atoms with Gasteiger partial charge < -0.3 is 0 Å². The van der Waals surface area contributed by atoms with Crippen LogP contribution in [0.2, 0.25) is 0 Å². The summed E-state index contributed by atoms with van der Waals surface area (Å²) in [5.41, 5.74) is 4.23. The van der Waals surface area contributed by atoms with Crippen molar-refractivity contribution in [3.8, 4) is 0 Å². The monoisotopic (exact) mass is 281 g/mol. The van der Waals surface area contributed by atoms with Gasteiger partial charge in [-0.1, -0.05) is 26.2 Å². The Kier molecular flexibility index (Phi) is 5.37. The van der Waals surface area contributed by atoms with E-state index >= 15 is 0 Å². The first kappa shape index (κ1) is 14.9. The van der Waals surface area contributed by atoms with Gasteiger partial charge >= 0.3 is 0 Å². The maximum atomic E-state index is 5.81. The van der Waals surface area contributed by atoms with Crippen LogP contribution in [0.5, 0.6) is 0 Å². The van der Waals surface area contributed by atoms with Crippen LogP contribution in [-0.4, -0.2) is 11.0 Å². The number of nitrogens with zero attached hydrogens (tertiary/aromatic N) is 1. The second-order valence-electron chi connectivity index (χ2n) is 5.93. The average molecular weight is 281 g/mol. The van der Waals surface area contributed by atoms with Gasteiger partial charge in [0.25, 0.3) is 0 Å². The van der Waals surface area contributed by atoms with Crippen LogP contribution in [0.3, 0.4) is 0 Å². The van der Waals surface area contributed by atoms with Crippen LogP contribution in [-0.2, 0) is 6.42 Å². The molecule has 1 aliphatic carbocycles. The summed E-state index contributed by atoms with van der Waals surface area (Å²) in [7, 11) is 0. The van der Waals surface area contributed by atoms with E-state index in [2.05, 4.69) is 31.2 Å². The Bertz CT molecular complexity index is 383. The summed E-state index contributed by atoms with van der Waals surface area (Å²) in [6, 6.07) is 0.388. The van der Waals surface area contributed by atoms with E-state index in [1.165, 1.54) is 47.7 Å². The molecule has 3 nitrogen and oxygen atoms in total. The predicted molar refractivity (Wildman–Crippen MR) is 82.1 cm³/mol. The van der Waals surface area contributed by atoms with Gasteiger partial charge in [0.15, 0.2) is 0 Å². The van der Waals surface area contributed by atoms with E-state index in [1.807, 2.05) is 11.3 Å². The fraction of sp³-hybridized carbons (Fsp3) is 0.800. The summed E-state index contributed by atoms with van der Waals surface area (Å²) in [5, 5.41) is 1.23. The first-order valence-electron chi connectivity index (χ1n) is 7.53. The Hall–Kier alpha value is -0.450. The van der Waals surface area contributed by atoms with Crippen molar-refractivity contribution in [2.24, 2.45) is 17.7 Å². The van der Waals surface area contributed by atoms with Crippen molar-refractivity contribution in [2.75, 3.05) is 0 Å². The van der Waals surface area contributed by atoms with Crippen molar-refractivity contribution in [3.63, 3.8) is 0 Å². The van der Waals surface area contributed by atoms with Gasteiger partial charge in [0.05, 0.1) is 10.7 Å². The van der Waals surface area contributed by atoms with E-state index in [4.69, 9.17) is 5.84 Å². The van der Waals surface area contributed by atoms with Gasteiger partial charge in [0.2, 0.25) is 0 Å². The Balaban J connectivity index is 1.99. The van der Waals surface area contributed by atoms with Gasteiger partial charge in [-0.3, -0.25) is 11.3 Å². The third kappa shape index (κ3) is 3.77. The molecule has 1 heterocycles. The molecule has 1 saturated carbocycles. The third-order valence-electron chi connectivity index (χ3n) is 4.65. The molecular formula is C15H27N3S. The minimum Gasteiger partial charge on any atom is -0.271 e. The molecule has 1 fully saturated rings. The lowest BCUT2D eigenvalue weighted by Gasteiger charge is -2.33. The molecule has 0 radical (unpaired) electrons. The molecule has 1 aromatic heterocycles. The summed E-state index contributed by atoms with van der Waals surface area (Å²) < 4.78 is 0. The van der Waals surface area contributed by atoms with Crippen molar-refractivity contribution in [1.29, 1.82) is 0 Å². The third-order valence-corrected chi connectivity index (χ3v) is 5.75. The van der Waals surface area contributed by atoms with E-state index in [0.29, 0.717) is 12.0 Å². The minimum absolute atomic E-state index is 0.388. The van der Waals surface area contributed by atoms with Crippen LogP contribution >= 0.6 is 11.3 Å². The number of rotatable bonds is 5. The number of aryl methyl sites for hydroxylation is 2. The molecule has 3 atom stereocenters. The highest BCUT2D eigenvalue weighted by Crippen LogP contribution is 2.34. The number of hydrazine groups is 1. The van der Waals surface area contributed by atoms with Crippen LogP contribution < -0.4 is 11.3 Å². The van der Waals surface area contributed by atoms with Gasteiger partial charge in [0.1, 0.15) is 0 Å². The maximum Gasteiger partial charge on any atom is 0.0947 e. The Labute approximate surface area is 121 Å². The van der Waals surface area contributed by atoms with E-state index in [1.54, 1.807) is 0 Å². The molecule has 19 heavy (non-hydrogen) atoms. The lowest BCUT2D eigenvalue weighted by atomic mass is 9.76. The number of hydrogen-bond acceptors (Lipinski definition) is 4. The van der Waals surface area contributed by atoms with Gasteiger partial charge in [-0.05, 0) is 38.5 Å². The molecule has 2 rings (SSSR count). The van der Waals surface area contributed by atoms with Gasteiger partial charge in [-0.2, -0.15) is 0 Å². The summed E-state index contributed by atoms with van der Waals surface area (Å²) in [6.45, 7) is 6.55. The van der Waals surface area contributed by atoms with E-state index < -0.39 is 0 Å². The SMILES string of the molecule is CCC1CCCC(C(Cc2nc(C)c(C)s2)NN)C1. The van der Waals surface area contributed by atoms with Crippen molar-refractivity contribution in [1.82, 2.24) is 10.4 Å².